The van der Waals surface area contributed by atoms with Crippen LogP contribution in [0.15, 0.2) is 42.5 Å². The van der Waals surface area contributed by atoms with Crippen molar-refractivity contribution in [3.63, 3.8) is 0 Å². The monoisotopic (exact) mass is 395 g/mol. The number of hydrogen-bond acceptors (Lipinski definition) is 4. The van der Waals surface area contributed by atoms with E-state index in [9.17, 15) is 9.59 Å². The molecule has 0 aliphatic rings. The molecule has 0 bridgehead atoms. The first kappa shape index (κ1) is 20.1. The SMILES string of the molecule is CCOC(=O)c1cc(NC(=O)C(CC)Oc2ccc(Cl)cc2)ccc1Cl. The van der Waals surface area contributed by atoms with Gasteiger partial charge in [-0.1, -0.05) is 30.1 Å². The summed E-state index contributed by atoms with van der Waals surface area (Å²) in [7, 11) is 0. The summed E-state index contributed by atoms with van der Waals surface area (Å²) in [6.45, 7) is 3.78. The smallest absolute Gasteiger partial charge is 0.339 e. The van der Waals surface area contributed by atoms with Crippen molar-refractivity contribution in [1.82, 2.24) is 0 Å². The molecule has 138 valence electrons. The third-order valence-corrected chi connectivity index (χ3v) is 4.07. The Morgan fingerprint density at radius 1 is 1.08 bits per heavy atom. The number of rotatable bonds is 7. The van der Waals surface area contributed by atoms with Crippen molar-refractivity contribution in [3.8, 4) is 5.75 Å². The fraction of sp³-hybridized carbons (Fsp3) is 0.263. The minimum atomic E-state index is -0.696. The number of nitrogens with one attached hydrogen (secondary N) is 1. The van der Waals surface area contributed by atoms with Crippen LogP contribution in [0.2, 0.25) is 10.0 Å². The van der Waals surface area contributed by atoms with Gasteiger partial charge in [-0.3, -0.25) is 4.79 Å². The van der Waals surface area contributed by atoms with E-state index in [2.05, 4.69) is 5.32 Å². The number of hydrogen-bond donors (Lipinski definition) is 1. The van der Waals surface area contributed by atoms with Gasteiger partial charge >= 0.3 is 5.97 Å². The van der Waals surface area contributed by atoms with Gasteiger partial charge in [0.15, 0.2) is 6.10 Å². The summed E-state index contributed by atoms with van der Waals surface area (Å²) in [5.74, 6) is -0.336. The van der Waals surface area contributed by atoms with E-state index < -0.39 is 12.1 Å². The van der Waals surface area contributed by atoms with Crippen molar-refractivity contribution in [1.29, 1.82) is 0 Å². The summed E-state index contributed by atoms with van der Waals surface area (Å²) in [6, 6.07) is 11.4. The van der Waals surface area contributed by atoms with Crippen molar-refractivity contribution in [2.75, 3.05) is 11.9 Å². The lowest BCUT2D eigenvalue weighted by atomic mass is 10.2. The highest BCUT2D eigenvalue weighted by Crippen LogP contribution is 2.23. The van der Waals surface area contributed by atoms with E-state index in [4.69, 9.17) is 32.7 Å². The summed E-state index contributed by atoms with van der Waals surface area (Å²) in [5.41, 5.74) is 0.624. The van der Waals surface area contributed by atoms with Gasteiger partial charge in [-0.15, -0.1) is 0 Å². The van der Waals surface area contributed by atoms with E-state index in [0.717, 1.165) is 0 Å². The standard InChI is InChI=1S/C19H19Cl2NO4/c1-3-17(26-14-8-5-12(20)6-9-14)18(23)22-13-7-10-16(21)15(11-13)19(24)25-4-2/h5-11,17H,3-4H2,1-2H3,(H,22,23). The molecule has 0 aliphatic heterocycles. The van der Waals surface area contributed by atoms with Crippen LogP contribution in [0.5, 0.6) is 5.75 Å². The van der Waals surface area contributed by atoms with E-state index in [1.807, 2.05) is 6.92 Å². The number of anilines is 1. The highest BCUT2D eigenvalue weighted by atomic mass is 35.5. The predicted octanol–water partition coefficient (Wildman–Crippen LogP) is 4.97. The second kappa shape index (κ2) is 9.46. The molecule has 1 N–H and O–H groups in total. The van der Waals surface area contributed by atoms with Crippen LogP contribution in [0.25, 0.3) is 0 Å². The van der Waals surface area contributed by atoms with Crippen molar-refractivity contribution >= 4 is 40.8 Å². The van der Waals surface area contributed by atoms with Crippen LogP contribution < -0.4 is 10.1 Å². The molecule has 0 saturated heterocycles. The largest absolute Gasteiger partial charge is 0.481 e. The molecular formula is C19H19Cl2NO4. The Bertz CT molecular complexity index is 778. The summed E-state index contributed by atoms with van der Waals surface area (Å²) < 4.78 is 10.7. The molecule has 26 heavy (non-hydrogen) atoms. The van der Waals surface area contributed by atoms with Gasteiger partial charge in [0, 0.05) is 10.7 Å². The quantitative estimate of drug-likeness (QED) is 0.672. The van der Waals surface area contributed by atoms with Crippen LogP contribution in [0.4, 0.5) is 5.69 Å². The van der Waals surface area contributed by atoms with Crippen LogP contribution in [-0.2, 0) is 9.53 Å². The maximum Gasteiger partial charge on any atom is 0.339 e. The number of carbonyl (C=O) groups excluding carboxylic acids is 2. The van der Waals surface area contributed by atoms with Gasteiger partial charge in [0.2, 0.25) is 0 Å². The van der Waals surface area contributed by atoms with Gasteiger partial charge in [0.05, 0.1) is 17.2 Å². The molecule has 0 fully saturated rings. The van der Waals surface area contributed by atoms with Crippen molar-refractivity contribution in [3.05, 3.63) is 58.1 Å². The molecule has 5 nitrogen and oxygen atoms in total. The van der Waals surface area contributed by atoms with E-state index >= 15 is 0 Å². The molecule has 1 atom stereocenters. The average Bonchev–Trinajstić information content (AvgIpc) is 2.62. The van der Waals surface area contributed by atoms with Crippen LogP contribution in [0, 0.1) is 0 Å². The average molecular weight is 396 g/mol. The molecule has 2 aromatic carbocycles. The zero-order chi connectivity index (χ0) is 19.1. The number of ether oxygens (including phenoxy) is 2. The number of halogens is 2. The van der Waals surface area contributed by atoms with Gasteiger partial charge in [-0.05, 0) is 55.8 Å². The van der Waals surface area contributed by atoms with Crippen molar-refractivity contribution < 1.29 is 19.1 Å². The molecule has 1 amide bonds. The first-order valence-electron chi connectivity index (χ1n) is 8.14. The maximum atomic E-state index is 12.5. The molecule has 2 aromatic rings. The van der Waals surface area contributed by atoms with E-state index in [-0.39, 0.29) is 23.1 Å². The van der Waals surface area contributed by atoms with E-state index in [1.54, 1.807) is 37.3 Å². The topological polar surface area (TPSA) is 64.6 Å². The molecule has 7 heteroatoms. The van der Waals surface area contributed by atoms with E-state index in [0.29, 0.717) is 22.9 Å². The molecule has 0 spiro atoms. The predicted molar refractivity (Wildman–Crippen MR) is 102 cm³/mol. The van der Waals surface area contributed by atoms with Crippen LogP contribution >= 0.6 is 23.2 Å². The lowest BCUT2D eigenvalue weighted by Gasteiger charge is -2.17. The first-order chi connectivity index (χ1) is 12.4. The Balaban J connectivity index is 2.10. The van der Waals surface area contributed by atoms with Crippen LogP contribution in [0.1, 0.15) is 30.6 Å². The number of carbonyl (C=O) groups is 2. The lowest BCUT2D eigenvalue weighted by Crippen LogP contribution is -2.32. The number of esters is 1. The Morgan fingerprint density at radius 2 is 1.77 bits per heavy atom. The zero-order valence-corrected chi connectivity index (χ0v) is 15.9. The van der Waals surface area contributed by atoms with E-state index in [1.165, 1.54) is 12.1 Å². The van der Waals surface area contributed by atoms with Gasteiger partial charge in [-0.2, -0.15) is 0 Å². The second-order valence-corrected chi connectivity index (χ2v) is 6.22. The normalized spacial score (nSPS) is 11.5. The highest BCUT2D eigenvalue weighted by Gasteiger charge is 2.20. The molecule has 2 rings (SSSR count). The number of benzene rings is 2. The Labute approximate surface area is 162 Å². The third-order valence-electron chi connectivity index (χ3n) is 3.48. The molecule has 0 radical (unpaired) electrons. The highest BCUT2D eigenvalue weighted by molar-refractivity contribution is 6.33. The minimum absolute atomic E-state index is 0.193. The summed E-state index contributed by atoms with van der Waals surface area (Å²) in [5, 5.41) is 3.57. The zero-order valence-electron chi connectivity index (χ0n) is 14.4. The molecule has 1 unspecified atom stereocenters. The lowest BCUT2D eigenvalue weighted by molar-refractivity contribution is -0.122. The first-order valence-corrected chi connectivity index (χ1v) is 8.90. The van der Waals surface area contributed by atoms with Gasteiger partial charge < -0.3 is 14.8 Å². The maximum absolute atomic E-state index is 12.5. The fourth-order valence-corrected chi connectivity index (χ4v) is 2.51. The molecule has 0 aromatic heterocycles. The fourth-order valence-electron chi connectivity index (χ4n) is 2.19. The second-order valence-electron chi connectivity index (χ2n) is 5.37. The van der Waals surface area contributed by atoms with Crippen molar-refractivity contribution in [2.45, 2.75) is 26.4 Å². The number of amides is 1. The van der Waals surface area contributed by atoms with Gasteiger partial charge in [-0.25, -0.2) is 4.79 Å². The summed E-state index contributed by atoms with van der Waals surface area (Å²) in [4.78, 5) is 24.4. The molecular weight excluding hydrogens is 377 g/mol. The Hall–Kier alpha value is -2.24. The Kier molecular flexibility index (Phi) is 7.30. The van der Waals surface area contributed by atoms with Crippen molar-refractivity contribution in [2.24, 2.45) is 0 Å². The van der Waals surface area contributed by atoms with Gasteiger partial charge in [0.25, 0.3) is 5.91 Å². The molecule has 0 aliphatic carbocycles. The molecule has 0 saturated carbocycles. The minimum Gasteiger partial charge on any atom is -0.481 e. The Morgan fingerprint density at radius 3 is 2.38 bits per heavy atom. The van der Waals surface area contributed by atoms with Crippen LogP contribution in [-0.4, -0.2) is 24.6 Å². The molecule has 0 heterocycles. The summed E-state index contributed by atoms with van der Waals surface area (Å²) in [6.07, 6.45) is -0.231. The van der Waals surface area contributed by atoms with Gasteiger partial charge in [0.1, 0.15) is 5.75 Å². The third kappa shape index (κ3) is 5.38. The van der Waals surface area contributed by atoms with Crippen LogP contribution in [0.3, 0.4) is 0 Å². The summed E-state index contributed by atoms with van der Waals surface area (Å²) >= 11 is 11.9.